The van der Waals surface area contributed by atoms with E-state index in [1.807, 2.05) is 12.2 Å². The summed E-state index contributed by atoms with van der Waals surface area (Å²) in [5.74, 6) is -1.00. The predicted molar refractivity (Wildman–Crippen MR) is 104 cm³/mol. The van der Waals surface area contributed by atoms with Crippen LogP contribution in [0.1, 0.15) is 12.0 Å². The van der Waals surface area contributed by atoms with Crippen LogP contribution in [-0.4, -0.2) is 34.6 Å². The SMILES string of the molecule is C=CCOc1c(Br)cc(C=NN2C(=O)[C@@H]3[C@H](C2=O)[C@H]2C=C[C@H]3C2)cc1[N+](=O)[O-]. The van der Waals surface area contributed by atoms with Gasteiger partial charge in [0.2, 0.25) is 5.75 Å². The first-order chi connectivity index (χ1) is 13.4. The van der Waals surface area contributed by atoms with Crippen molar-refractivity contribution in [1.29, 1.82) is 0 Å². The molecule has 1 saturated carbocycles. The van der Waals surface area contributed by atoms with Crippen molar-refractivity contribution in [1.82, 2.24) is 5.01 Å². The minimum atomic E-state index is -0.569. The highest BCUT2D eigenvalue weighted by Crippen LogP contribution is 2.52. The Bertz CT molecular complexity index is 927. The van der Waals surface area contributed by atoms with Gasteiger partial charge in [-0.2, -0.15) is 10.1 Å². The van der Waals surface area contributed by atoms with Gasteiger partial charge in [0.25, 0.3) is 11.8 Å². The molecule has 0 spiro atoms. The van der Waals surface area contributed by atoms with Crippen molar-refractivity contribution in [3.63, 3.8) is 0 Å². The summed E-state index contributed by atoms with van der Waals surface area (Å²) in [5.41, 5.74) is 0.110. The molecule has 2 aliphatic carbocycles. The standard InChI is InChI=1S/C19H16BrN3O5/c1-2-5-28-17-13(20)6-10(7-14(17)23(26)27)9-21-22-18(24)15-11-3-4-12(8-11)16(15)19(22)25/h2-4,6-7,9,11-12,15-16H,1,5,8H2/t11-,12-,15-,16+/m0/s1. The molecule has 2 fully saturated rings. The quantitative estimate of drug-likeness (QED) is 0.220. The van der Waals surface area contributed by atoms with E-state index in [2.05, 4.69) is 27.6 Å². The second-order valence-electron chi connectivity index (χ2n) is 6.94. The molecule has 8 nitrogen and oxygen atoms in total. The minimum absolute atomic E-state index is 0.0764. The monoisotopic (exact) mass is 445 g/mol. The van der Waals surface area contributed by atoms with E-state index < -0.39 is 4.92 Å². The highest BCUT2D eigenvalue weighted by Gasteiger charge is 2.59. The highest BCUT2D eigenvalue weighted by molar-refractivity contribution is 9.10. The van der Waals surface area contributed by atoms with Crippen molar-refractivity contribution < 1.29 is 19.2 Å². The van der Waals surface area contributed by atoms with E-state index in [-0.39, 0.29) is 53.5 Å². The normalized spacial score (nSPS) is 27.7. The fourth-order valence-electron chi connectivity index (χ4n) is 4.22. The molecule has 0 unspecified atom stereocenters. The summed E-state index contributed by atoms with van der Waals surface area (Å²) in [7, 11) is 0. The van der Waals surface area contributed by atoms with Crippen molar-refractivity contribution in [2.45, 2.75) is 6.42 Å². The van der Waals surface area contributed by atoms with Gasteiger partial charge in [-0.05, 0) is 40.3 Å². The lowest BCUT2D eigenvalue weighted by molar-refractivity contribution is -0.385. The zero-order chi connectivity index (χ0) is 20.0. The van der Waals surface area contributed by atoms with Gasteiger partial charge in [-0.25, -0.2) is 0 Å². The summed E-state index contributed by atoms with van der Waals surface area (Å²) in [6, 6.07) is 2.86. The van der Waals surface area contributed by atoms with Crippen LogP contribution in [-0.2, 0) is 9.59 Å². The van der Waals surface area contributed by atoms with Gasteiger partial charge in [0.05, 0.1) is 27.4 Å². The number of carbonyl (C=O) groups is 2. The third kappa shape index (κ3) is 2.86. The number of hydrazone groups is 1. The number of rotatable bonds is 6. The first-order valence-electron chi connectivity index (χ1n) is 8.74. The smallest absolute Gasteiger partial charge is 0.312 e. The number of hydrogen-bond acceptors (Lipinski definition) is 6. The lowest BCUT2D eigenvalue weighted by Crippen LogP contribution is -2.28. The van der Waals surface area contributed by atoms with E-state index in [1.165, 1.54) is 18.4 Å². The number of nitro benzene ring substituents is 1. The van der Waals surface area contributed by atoms with Crippen LogP contribution in [0.3, 0.4) is 0 Å². The molecule has 1 aromatic rings. The fourth-order valence-corrected chi connectivity index (χ4v) is 4.80. The summed E-state index contributed by atoms with van der Waals surface area (Å²) in [6.07, 6.45) is 7.62. The van der Waals surface area contributed by atoms with Crippen LogP contribution in [0.4, 0.5) is 5.69 Å². The Kier molecular flexibility index (Phi) is 4.62. The number of nitrogens with zero attached hydrogens (tertiary/aromatic N) is 3. The van der Waals surface area contributed by atoms with Gasteiger partial charge in [0, 0.05) is 11.6 Å². The Morgan fingerprint density at radius 3 is 2.50 bits per heavy atom. The van der Waals surface area contributed by atoms with E-state index >= 15 is 0 Å². The average Bonchev–Trinajstić information content (AvgIpc) is 3.33. The lowest BCUT2D eigenvalue weighted by atomic mass is 9.85. The van der Waals surface area contributed by atoms with Crippen LogP contribution >= 0.6 is 15.9 Å². The number of allylic oxidation sites excluding steroid dienone is 2. The molecule has 4 atom stereocenters. The molecular weight excluding hydrogens is 430 g/mol. The van der Waals surface area contributed by atoms with E-state index in [0.717, 1.165) is 11.4 Å². The Labute approximate surface area is 168 Å². The van der Waals surface area contributed by atoms with Gasteiger partial charge in [-0.3, -0.25) is 19.7 Å². The van der Waals surface area contributed by atoms with Crippen LogP contribution < -0.4 is 4.74 Å². The Hall–Kier alpha value is -2.81. The largest absolute Gasteiger partial charge is 0.482 e. The summed E-state index contributed by atoms with van der Waals surface area (Å²) >= 11 is 3.26. The lowest BCUT2D eigenvalue weighted by Gasteiger charge is -2.13. The number of imide groups is 1. The van der Waals surface area contributed by atoms with Crippen LogP contribution in [0.15, 0.2) is 46.5 Å². The van der Waals surface area contributed by atoms with E-state index in [9.17, 15) is 19.7 Å². The fraction of sp³-hybridized carbons (Fsp3) is 0.316. The summed E-state index contributed by atoms with van der Waals surface area (Å²) in [6.45, 7) is 3.63. The number of ether oxygens (including phenoxy) is 1. The maximum absolute atomic E-state index is 12.6. The summed E-state index contributed by atoms with van der Waals surface area (Å²) in [5, 5.41) is 16.3. The second-order valence-corrected chi connectivity index (χ2v) is 7.79. The number of halogens is 1. The molecule has 2 bridgehead atoms. The number of carbonyl (C=O) groups excluding carboxylic acids is 2. The van der Waals surface area contributed by atoms with Gasteiger partial charge < -0.3 is 4.74 Å². The van der Waals surface area contributed by atoms with Crippen molar-refractivity contribution in [3.05, 3.63) is 57.1 Å². The van der Waals surface area contributed by atoms with E-state index in [0.29, 0.717) is 10.0 Å². The van der Waals surface area contributed by atoms with Gasteiger partial charge >= 0.3 is 5.69 Å². The molecule has 0 aromatic heterocycles. The molecule has 0 N–H and O–H groups in total. The van der Waals surface area contributed by atoms with Gasteiger partial charge in [0.15, 0.2) is 0 Å². The zero-order valence-electron chi connectivity index (χ0n) is 14.7. The van der Waals surface area contributed by atoms with Crippen molar-refractivity contribution >= 4 is 39.6 Å². The van der Waals surface area contributed by atoms with Crippen LogP contribution in [0.5, 0.6) is 5.75 Å². The molecule has 28 heavy (non-hydrogen) atoms. The first kappa shape index (κ1) is 18.5. The Morgan fingerprint density at radius 1 is 1.29 bits per heavy atom. The predicted octanol–water partition coefficient (Wildman–Crippen LogP) is 3.06. The maximum Gasteiger partial charge on any atom is 0.312 e. The van der Waals surface area contributed by atoms with Crippen LogP contribution in [0.2, 0.25) is 0 Å². The zero-order valence-corrected chi connectivity index (χ0v) is 16.2. The summed E-state index contributed by atoms with van der Waals surface area (Å²) < 4.78 is 5.71. The third-order valence-corrected chi connectivity index (χ3v) is 5.95. The molecule has 1 aromatic carbocycles. The molecule has 144 valence electrons. The van der Waals surface area contributed by atoms with E-state index in [1.54, 1.807) is 6.07 Å². The van der Waals surface area contributed by atoms with Crippen molar-refractivity contribution in [2.75, 3.05) is 6.61 Å². The third-order valence-electron chi connectivity index (χ3n) is 5.36. The van der Waals surface area contributed by atoms with E-state index in [4.69, 9.17) is 4.74 Å². The Morgan fingerprint density at radius 2 is 1.93 bits per heavy atom. The number of nitro groups is 1. The molecule has 9 heteroatoms. The second kappa shape index (κ2) is 6.97. The topological polar surface area (TPSA) is 102 Å². The van der Waals surface area contributed by atoms with Crippen LogP contribution in [0.25, 0.3) is 0 Å². The number of amides is 2. The number of benzene rings is 1. The van der Waals surface area contributed by atoms with Gasteiger partial charge in [-0.15, -0.1) is 0 Å². The number of fused-ring (bicyclic) bond motifs is 5. The molecular formula is C19H16BrN3O5. The highest BCUT2D eigenvalue weighted by atomic mass is 79.9. The Balaban J connectivity index is 1.60. The first-order valence-corrected chi connectivity index (χ1v) is 9.53. The minimum Gasteiger partial charge on any atom is -0.482 e. The van der Waals surface area contributed by atoms with Gasteiger partial charge in [0.1, 0.15) is 6.61 Å². The molecule has 4 rings (SSSR count). The molecule has 1 heterocycles. The van der Waals surface area contributed by atoms with Crippen molar-refractivity contribution in [3.8, 4) is 5.75 Å². The number of hydrogen-bond donors (Lipinski definition) is 0. The van der Waals surface area contributed by atoms with Crippen molar-refractivity contribution in [2.24, 2.45) is 28.8 Å². The average molecular weight is 446 g/mol. The molecule has 1 saturated heterocycles. The maximum atomic E-state index is 12.6. The van der Waals surface area contributed by atoms with Crippen LogP contribution in [0, 0.1) is 33.8 Å². The van der Waals surface area contributed by atoms with Gasteiger partial charge in [-0.1, -0.05) is 24.8 Å². The molecule has 3 aliphatic rings. The molecule has 0 radical (unpaired) electrons. The molecule has 2 amide bonds. The summed E-state index contributed by atoms with van der Waals surface area (Å²) in [4.78, 5) is 36.1. The molecule has 1 aliphatic heterocycles.